The molecular formula is C9H11F3O. The van der Waals surface area contributed by atoms with E-state index in [1.54, 1.807) is 19.8 Å². The monoisotopic (exact) mass is 192 g/mol. The average molecular weight is 192 g/mol. The third-order valence-corrected chi connectivity index (χ3v) is 1.34. The maximum atomic E-state index is 11.8. The Labute approximate surface area is 75.3 Å². The van der Waals surface area contributed by atoms with Crippen molar-refractivity contribution in [3.63, 3.8) is 0 Å². The number of hydrogen-bond acceptors (Lipinski definition) is 1. The van der Waals surface area contributed by atoms with E-state index in [0.29, 0.717) is 0 Å². The second-order valence-corrected chi connectivity index (χ2v) is 2.93. The maximum absolute atomic E-state index is 11.8. The molecule has 0 radical (unpaired) electrons. The standard InChI is InChI=1S/C9H11F3O/c1-6(2)8(13)5-4-7(3)9(10,11)12/h6,8,13H,3H2,1-2H3. The molecule has 0 fully saturated rings. The third kappa shape index (κ3) is 4.58. The van der Waals surface area contributed by atoms with E-state index in [1.807, 2.05) is 0 Å². The summed E-state index contributed by atoms with van der Waals surface area (Å²) >= 11 is 0. The van der Waals surface area contributed by atoms with E-state index >= 15 is 0 Å². The van der Waals surface area contributed by atoms with Crippen molar-refractivity contribution < 1.29 is 18.3 Å². The molecule has 0 spiro atoms. The van der Waals surface area contributed by atoms with Crippen molar-refractivity contribution in [2.24, 2.45) is 5.92 Å². The minimum Gasteiger partial charge on any atom is -0.380 e. The molecule has 0 aromatic heterocycles. The molecule has 0 aromatic carbocycles. The van der Waals surface area contributed by atoms with Gasteiger partial charge in [-0.25, -0.2) is 0 Å². The fourth-order valence-corrected chi connectivity index (χ4v) is 0.399. The highest BCUT2D eigenvalue weighted by Crippen LogP contribution is 2.22. The highest BCUT2D eigenvalue weighted by atomic mass is 19.4. The number of aliphatic hydroxyl groups excluding tert-OH is 1. The maximum Gasteiger partial charge on any atom is 0.423 e. The number of allylic oxidation sites excluding steroid dienone is 1. The molecule has 0 rings (SSSR count). The number of halogens is 3. The van der Waals surface area contributed by atoms with Crippen molar-refractivity contribution >= 4 is 0 Å². The van der Waals surface area contributed by atoms with Crippen LogP contribution >= 0.6 is 0 Å². The van der Waals surface area contributed by atoms with Crippen molar-refractivity contribution in [1.82, 2.24) is 0 Å². The smallest absolute Gasteiger partial charge is 0.380 e. The molecule has 0 saturated carbocycles. The van der Waals surface area contributed by atoms with Crippen LogP contribution in [0.5, 0.6) is 0 Å². The molecule has 1 N–H and O–H groups in total. The van der Waals surface area contributed by atoms with Crippen LogP contribution in [0.15, 0.2) is 12.2 Å². The van der Waals surface area contributed by atoms with Crippen LogP contribution in [-0.4, -0.2) is 17.4 Å². The Balaban J connectivity index is 4.35. The van der Waals surface area contributed by atoms with Gasteiger partial charge in [0.2, 0.25) is 0 Å². The molecule has 74 valence electrons. The van der Waals surface area contributed by atoms with Gasteiger partial charge >= 0.3 is 6.18 Å². The van der Waals surface area contributed by atoms with Gasteiger partial charge in [0.1, 0.15) is 6.10 Å². The van der Waals surface area contributed by atoms with Crippen LogP contribution in [0.25, 0.3) is 0 Å². The second kappa shape index (κ2) is 4.33. The van der Waals surface area contributed by atoms with Gasteiger partial charge in [-0.3, -0.25) is 0 Å². The summed E-state index contributed by atoms with van der Waals surface area (Å²) in [6, 6.07) is 0. The molecular weight excluding hydrogens is 181 g/mol. The lowest BCUT2D eigenvalue weighted by Crippen LogP contribution is -2.13. The molecule has 0 amide bonds. The summed E-state index contributed by atoms with van der Waals surface area (Å²) in [6.45, 7) is 6.07. The van der Waals surface area contributed by atoms with E-state index in [0.717, 1.165) is 0 Å². The normalized spacial score (nSPS) is 13.5. The number of hydrogen-bond donors (Lipinski definition) is 1. The van der Waals surface area contributed by atoms with Gasteiger partial charge in [0.05, 0.1) is 5.57 Å². The zero-order valence-electron chi connectivity index (χ0n) is 7.44. The van der Waals surface area contributed by atoms with Gasteiger partial charge in [0.25, 0.3) is 0 Å². The third-order valence-electron chi connectivity index (χ3n) is 1.34. The molecule has 0 aromatic rings. The topological polar surface area (TPSA) is 20.2 Å². The molecule has 1 atom stereocenters. The quantitative estimate of drug-likeness (QED) is 0.631. The molecule has 1 nitrogen and oxygen atoms in total. The predicted molar refractivity (Wildman–Crippen MR) is 43.8 cm³/mol. The zero-order chi connectivity index (χ0) is 10.6. The number of aliphatic hydroxyl groups is 1. The summed E-state index contributed by atoms with van der Waals surface area (Å²) in [5.41, 5.74) is -1.13. The average Bonchev–Trinajstić information content (AvgIpc) is 1.97. The molecule has 1 unspecified atom stereocenters. The summed E-state index contributed by atoms with van der Waals surface area (Å²) in [5, 5.41) is 9.06. The lowest BCUT2D eigenvalue weighted by molar-refractivity contribution is -0.0868. The SMILES string of the molecule is C=C(C#CC(O)C(C)C)C(F)(F)F. The van der Waals surface area contributed by atoms with Crippen molar-refractivity contribution in [1.29, 1.82) is 0 Å². The van der Waals surface area contributed by atoms with Crippen molar-refractivity contribution in [2.75, 3.05) is 0 Å². The molecule has 0 saturated heterocycles. The van der Waals surface area contributed by atoms with Crippen LogP contribution in [0, 0.1) is 17.8 Å². The Morgan fingerprint density at radius 2 is 1.85 bits per heavy atom. The second-order valence-electron chi connectivity index (χ2n) is 2.93. The Bertz CT molecular complexity index is 242. The van der Waals surface area contributed by atoms with Gasteiger partial charge in [-0.1, -0.05) is 32.3 Å². The molecule has 0 aliphatic rings. The minimum absolute atomic E-state index is 0.187. The van der Waals surface area contributed by atoms with Gasteiger partial charge in [-0.15, -0.1) is 0 Å². The zero-order valence-corrected chi connectivity index (χ0v) is 7.44. The predicted octanol–water partition coefficient (Wildman–Crippen LogP) is 2.13. The Morgan fingerprint density at radius 3 is 2.15 bits per heavy atom. The largest absolute Gasteiger partial charge is 0.423 e. The lowest BCUT2D eigenvalue weighted by Gasteiger charge is -2.06. The fourth-order valence-electron chi connectivity index (χ4n) is 0.399. The van der Waals surface area contributed by atoms with Crippen LogP contribution in [0.4, 0.5) is 13.2 Å². The van der Waals surface area contributed by atoms with Crippen molar-refractivity contribution in [3.8, 4) is 11.8 Å². The first-order valence-electron chi connectivity index (χ1n) is 3.71. The molecule has 13 heavy (non-hydrogen) atoms. The Hall–Kier alpha value is -0.950. The van der Waals surface area contributed by atoms with Crippen LogP contribution in [0.2, 0.25) is 0 Å². The lowest BCUT2D eigenvalue weighted by atomic mass is 10.1. The Morgan fingerprint density at radius 1 is 1.38 bits per heavy atom. The first-order chi connectivity index (χ1) is 5.75. The van der Waals surface area contributed by atoms with Gasteiger partial charge in [-0.05, 0) is 5.92 Å². The molecule has 0 aliphatic heterocycles. The summed E-state index contributed by atoms with van der Waals surface area (Å²) < 4.78 is 35.5. The molecule has 0 heterocycles. The van der Waals surface area contributed by atoms with Crippen LogP contribution in [-0.2, 0) is 0 Å². The molecule has 0 bridgehead atoms. The number of alkyl halides is 3. The van der Waals surface area contributed by atoms with E-state index in [-0.39, 0.29) is 5.92 Å². The highest BCUT2D eigenvalue weighted by molar-refractivity contribution is 5.30. The van der Waals surface area contributed by atoms with Crippen LogP contribution in [0.1, 0.15) is 13.8 Å². The van der Waals surface area contributed by atoms with E-state index in [1.165, 1.54) is 0 Å². The minimum atomic E-state index is -4.50. The van der Waals surface area contributed by atoms with Gasteiger partial charge in [0, 0.05) is 0 Å². The summed E-state index contributed by atoms with van der Waals surface area (Å²) in [5.74, 6) is 3.67. The summed E-state index contributed by atoms with van der Waals surface area (Å²) in [7, 11) is 0. The molecule has 0 aliphatic carbocycles. The van der Waals surface area contributed by atoms with Crippen LogP contribution < -0.4 is 0 Å². The Kier molecular flexibility index (Phi) is 4.02. The van der Waals surface area contributed by atoms with E-state index in [9.17, 15) is 13.2 Å². The van der Waals surface area contributed by atoms with E-state index in [4.69, 9.17) is 5.11 Å². The highest BCUT2D eigenvalue weighted by Gasteiger charge is 2.30. The fraction of sp³-hybridized carbons (Fsp3) is 0.556. The van der Waals surface area contributed by atoms with Crippen molar-refractivity contribution in [2.45, 2.75) is 26.1 Å². The molecule has 4 heteroatoms. The van der Waals surface area contributed by atoms with E-state index in [2.05, 4.69) is 12.5 Å². The first kappa shape index (κ1) is 12.0. The van der Waals surface area contributed by atoms with Crippen LogP contribution in [0.3, 0.4) is 0 Å². The first-order valence-corrected chi connectivity index (χ1v) is 3.71. The van der Waals surface area contributed by atoms with Gasteiger partial charge in [-0.2, -0.15) is 13.2 Å². The summed E-state index contributed by atoms with van der Waals surface area (Å²) in [4.78, 5) is 0. The van der Waals surface area contributed by atoms with Gasteiger partial charge in [0.15, 0.2) is 0 Å². The van der Waals surface area contributed by atoms with Crippen molar-refractivity contribution in [3.05, 3.63) is 12.2 Å². The van der Waals surface area contributed by atoms with E-state index < -0.39 is 17.9 Å². The summed E-state index contributed by atoms with van der Waals surface area (Å²) in [6.07, 6.45) is -5.54. The number of rotatable bonds is 1. The van der Waals surface area contributed by atoms with Gasteiger partial charge < -0.3 is 5.11 Å².